The van der Waals surface area contributed by atoms with Gasteiger partial charge in [-0.3, -0.25) is 9.48 Å². The van der Waals surface area contributed by atoms with Crippen LogP contribution < -0.4 is 5.32 Å². The second-order valence-corrected chi connectivity index (χ2v) is 5.49. The molecule has 0 aliphatic heterocycles. The molecule has 2 rings (SSSR count). The summed E-state index contributed by atoms with van der Waals surface area (Å²) in [6.07, 6.45) is 5.45. The first kappa shape index (κ1) is 13.4. The molecule has 100 valence electrons. The SMILES string of the molecule is Cc1cc(C(=O)NC2(CCl)CCCCC2)n(C)n1. The number of carbonyl (C=O) groups is 1. The van der Waals surface area contributed by atoms with E-state index < -0.39 is 0 Å². The first-order valence-corrected chi connectivity index (χ1v) is 6.99. The highest BCUT2D eigenvalue weighted by molar-refractivity contribution is 6.19. The fraction of sp³-hybridized carbons (Fsp3) is 0.692. The molecule has 1 fully saturated rings. The lowest BCUT2D eigenvalue weighted by Gasteiger charge is -2.36. The number of halogens is 1. The summed E-state index contributed by atoms with van der Waals surface area (Å²) in [6.45, 7) is 1.88. The summed E-state index contributed by atoms with van der Waals surface area (Å²) >= 11 is 6.08. The van der Waals surface area contributed by atoms with Crippen molar-refractivity contribution in [3.8, 4) is 0 Å². The van der Waals surface area contributed by atoms with Gasteiger partial charge in [0.1, 0.15) is 5.69 Å². The molecule has 1 aliphatic carbocycles. The van der Waals surface area contributed by atoms with E-state index in [0.717, 1.165) is 31.4 Å². The molecular formula is C13H20ClN3O. The van der Waals surface area contributed by atoms with Gasteiger partial charge in [0, 0.05) is 12.9 Å². The summed E-state index contributed by atoms with van der Waals surface area (Å²) in [5, 5.41) is 7.32. The van der Waals surface area contributed by atoms with Crippen molar-refractivity contribution >= 4 is 17.5 Å². The highest BCUT2D eigenvalue weighted by atomic mass is 35.5. The molecule has 1 aromatic rings. The Balaban J connectivity index is 2.12. The number of hydrogen-bond donors (Lipinski definition) is 1. The number of amides is 1. The molecule has 1 aromatic heterocycles. The van der Waals surface area contributed by atoms with Gasteiger partial charge < -0.3 is 5.32 Å². The van der Waals surface area contributed by atoms with Crippen LogP contribution in [-0.4, -0.2) is 27.1 Å². The van der Waals surface area contributed by atoms with Crippen LogP contribution in [0.1, 0.15) is 48.3 Å². The third kappa shape index (κ3) is 2.69. The first-order chi connectivity index (χ1) is 8.56. The molecule has 1 saturated carbocycles. The minimum absolute atomic E-state index is 0.0688. The topological polar surface area (TPSA) is 46.9 Å². The van der Waals surface area contributed by atoms with Crippen LogP contribution in [0.4, 0.5) is 0 Å². The summed E-state index contributed by atoms with van der Waals surface area (Å²) in [4.78, 5) is 12.3. The molecule has 1 heterocycles. The number of aromatic nitrogens is 2. The van der Waals surface area contributed by atoms with Crippen LogP contribution in [0, 0.1) is 6.92 Å². The molecule has 0 spiro atoms. The highest BCUT2D eigenvalue weighted by Crippen LogP contribution is 2.29. The Labute approximate surface area is 113 Å². The Kier molecular flexibility index (Phi) is 3.95. The highest BCUT2D eigenvalue weighted by Gasteiger charge is 2.33. The molecule has 0 radical (unpaired) electrons. The van der Waals surface area contributed by atoms with Crippen LogP contribution >= 0.6 is 11.6 Å². The van der Waals surface area contributed by atoms with Crippen LogP contribution in [0.15, 0.2) is 6.07 Å². The number of aryl methyl sites for hydroxylation is 2. The van der Waals surface area contributed by atoms with Crippen LogP contribution in [0.25, 0.3) is 0 Å². The Morgan fingerprint density at radius 3 is 2.67 bits per heavy atom. The summed E-state index contributed by atoms with van der Waals surface area (Å²) in [5.41, 5.74) is 1.23. The van der Waals surface area contributed by atoms with Gasteiger partial charge in [0.25, 0.3) is 5.91 Å². The average molecular weight is 270 g/mol. The van der Waals surface area contributed by atoms with Crippen molar-refractivity contribution in [3.63, 3.8) is 0 Å². The fourth-order valence-corrected chi connectivity index (χ4v) is 2.98. The molecule has 1 aliphatic rings. The minimum Gasteiger partial charge on any atom is -0.344 e. The average Bonchev–Trinajstić information content (AvgIpc) is 2.70. The molecule has 1 amide bonds. The molecule has 18 heavy (non-hydrogen) atoms. The smallest absolute Gasteiger partial charge is 0.270 e. The molecule has 0 bridgehead atoms. The Morgan fingerprint density at radius 1 is 1.50 bits per heavy atom. The maximum absolute atomic E-state index is 12.3. The quantitative estimate of drug-likeness (QED) is 0.857. The Morgan fingerprint density at radius 2 is 2.17 bits per heavy atom. The second kappa shape index (κ2) is 5.31. The Bertz CT molecular complexity index is 435. The molecule has 4 nitrogen and oxygen atoms in total. The standard InChI is InChI=1S/C13H20ClN3O/c1-10-8-11(17(2)16-10)12(18)15-13(9-14)6-4-3-5-7-13/h8H,3-7,9H2,1-2H3,(H,15,18). The zero-order chi connectivity index (χ0) is 13.2. The monoisotopic (exact) mass is 269 g/mol. The van der Waals surface area contributed by atoms with Crippen molar-refractivity contribution in [3.05, 3.63) is 17.5 Å². The number of nitrogens with one attached hydrogen (secondary N) is 1. The van der Waals surface area contributed by atoms with Crippen molar-refractivity contribution in [2.75, 3.05) is 5.88 Å². The number of rotatable bonds is 3. The third-order valence-electron chi connectivity index (χ3n) is 3.68. The lowest BCUT2D eigenvalue weighted by Crippen LogP contribution is -2.51. The van der Waals surface area contributed by atoms with E-state index in [1.54, 1.807) is 17.8 Å². The predicted octanol–water partition coefficient (Wildman–Crippen LogP) is 2.40. The van der Waals surface area contributed by atoms with Crippen LogP contribution in [0.5, 0.6) is 0 Å². The van der Waals surface area contributed by atoms with Gasteiger partial charge in [-0.25, -0.2) is 0 Å². The van der Waals surface area contributed by atoms with E-state index in [-0.39, 0.29) is 11.4 Å². The first-order valence-electron chi connectivity index (χ1n) is 6.45. The Hall–Kier alpha value is -1.03. The van der Waals surface area contributed by atoms with Gasteiger partial charge in [-0.2, -0.15) is 5.10 Å². The number of hydrogen-bond acceptors (Lipinski definition) is 2. The zero-order valence-corrected chi connectivity index (χ0v) is 11.8. The van der Waals surface area contributed by atoms with Crippen LogP contribution in [-0.2, 0) is 7.05 Å². The molecule has 0 unspecified atom stereocenters. The molecule has 5 heteroatoms. The molecule has 0 aromatic carbocycles. The van der Waals surface area contributed by atoms with Crippen molar-refractivity contribution in [1.29, 1.82) is 0 Å². The van der Waals surface area contributed by atoms with Gasteiger partial charge in [-0.05, 0) is 25.8 Å². The summed E-state index contributed by atoms with van der Waals surface area (Å²) in [7, 11) is 1.79. The van der Waals surface area contributed by atoms with Gasteiger partial charge in [-0.1, -0.05) is 19.3 Å². The van der Waals surface area contributed by atoms with E-state index in [2.05, 4.69) is 10.4 Å². The predicted molar refractivity (Wildman–Crippen MR) is 71.9 cm³/mol. The number of carbonyl (C=O) groups excluding carboxylic acids is 1. The van der Waals surface area contributed by atoms with Crippen molar-refractivity contribution < 1.29 is 4.79 Å². The van der Waals surface area contributed by atoms with Gasteiger partial charge >= 0.3 is 0 Å². The van der Waals surface area contributed by atoms with Crippen LogP contribution in [0.2, 0.25) is 0 Å². The third-order valence-corrected chi connectivity index (χ3v) is 4.19. The van der Waals surface area contributed by atoms with E-state index in [4.69, 9.17) is 11.6 Å². The zero-order valence-electron chi connectivity index (χ0n) is 11.0. The minimum atomic E-state index is -0.227. The lowest BCUT2D eigenvalue weighted by atomic mass is 9.83. The largest absolute Gasteiger partial charge is 0.344 e. The van der Waals surface area contributed by atoms with E-state index in [9.17, 15) is 4.79 Å². The van der Waals surface area contributed by atoms with Crippen molar-refractivity contribution in [2.24, 2.45) is 7.05 Å². The normalized spacial score (nSPS) is 18.6. The summed E-state index contributed by atoms with van der Waals surface area (Å²) < 4.78 is 1.62. The number of nitrogens with zero attached hydrogens (tertiary/aromatic N) is 2. The molecule has 1 N–H and O–H groups in total. The van der Waals surface area contributed by atoms with E-state index in [0.29, 0.717) is 11.6 Å². The lowest BCUT2D eigenvalue weighted by molar-refractivity contribution is 0.0875. The summed E-state index contributed by atoms with van der Waals surface area (Å²) in [5.74, 6) is 0.413. The molecular weight excluding hydrogens is 250 g/mol. The maximum Gasteiger partial charge on any atom is 0.270 e. The maximum atomic E-state index is 12.3. The molecule has 0 atom stereocenters. The second-order valence-electron chi connectivity index (χ2n) is 5.22. The van der Waals surface area contributed by atoms with Gasteiger partial charge in [0.15, 0.2) is 0 Å². The van der Waals surface area contributed by atoms with E-state index >= 15 is 0 Å². The van der Waals surface area contributed by atoms with Gasteiger partial charge in [0.05, 0.1) is 11.2 Å². The van der Waals surface area contributed by atoms with Crippen molar-refractivity contribution in [1.82, 2.24) is 15.1 Å². The van der Waals surface area contributed by atoms with E-state index in [1.165, 1.54) is 6.42 Å². The van der Waals surface area contributed by atoms with E-state index in [1.807, 2.05) is 6.92 Å². The van der Waals surface area contributed by atoms with Crippen LogP contribution in [0.3, 0.4) is 0 Å². The number of alkyl halides is 1. The fourth-order valence-electron chi connectivity index (χ4n) is 2.65. The summed E-state index contributed by atoms with van der Waals surface area (Å²) in [6, 6.07) is 1.81. The van der Waals surface area contributed by atoms with Gasteiger partial charge in [-0.15, -0.1) is 11.6 Å². The van der Waals surface area contributed by atoms with Gasteiger partial charge in [0.2, 0.25) is 0 Å². The molecule has 0 saturated heterocycles. The van der Waals surface area contributed by atoms with Crippen molar-refractivity contribution in [2.45, 2.75) is 44.6 Å².